The zero-order chi connectivity index (χ0) is 9.68. The van der Waals surface area contributed by atoms with Crippen LogP contribution in [-0.2, 0) is 11.2 Å². The van der Waals surface area contributed by atoms with E-state index in [0.717, 1.165) is 12.0 Å². The second-order valence-corrected chi connectivity index (χ2v) is 3.38. The van der Waals surface area contributed by atoms with Gasteiger partial charge in [-0.05, 0) is 24.1 Å². The fourth-order valence-corrected chi connectivity index (χ4v) is 1.29. The zero-order valence-corrected chi connectivity index (χ0v) is 8.40. The average Bonchev–Trinajstić information content (AvgIpc) is 2.12. The predicted octanol–water partition coefficient (Wildman–Crippen LogP) is 2.28. The highest BCUT2D eigenvalue weighted by atomic mass is 35.5. The van der Waals surface area contributed by atoms with E-state index in [1.165, 1.54) is 0 Å². The Bertz CT molecular complexity index is 302. The van der Waals surface area contributed by atoms with E-state index < -0.39 is 0 Å². The van der Waals surface area contributed by atoms with E-state index in [-0.39, 0.29) is 0 Å². The normalized spacial score (nSPS) is 9.69. The summed E-state index contributed by atoms with van der Waals surface area (Å²) in [5.41, 5.74) is 1.06. The fraction of sp³-hybridized carbons (Fsp3) is 0.222. The molecule has 4 heteroatoms. The van der Waals surface area contributed by atoms with Crippen LogP contribution in [0.2, 0.25) is 10.0 Å². The molecule has 0 heterocycles. The molecular weight excluding hydrogens is 209 g/mol. The topological polar surface area (TPSA) is 29.1 Å². The Morgan fingerprint density at radius 1 is 1.31 bits per heavy atom. The van der Waals surface area contributed by atoms with Gasteiger partial charge in [0.25, 0.3) is 0 Å². The summed E-state index contributed by atoms with van der Waals surface area (Å²) in [5.74, 6) is 0. The van der Waals surface area contributed by atoms with Gasteiger partial charge in [-0.3, -0.25) is 4.79 Å². The Balaban J connectivity index is 2.57. The highest BCUT2D eigenvalue weighted by Gasteiger charge is 1.98. The maximum atomic E-state index is 9.96. The van der Waals surface area contributed by atoms with Crippen LogP contribution >= 0.6 is 23.2 Å². The lowest BCUT2D eigenvalue weighted by Gasteiger charge is -2.02. The second kappa shape index (κ2) is 5.10. The molecule has 1 aromatic carbocycles. The lowest BCUT2D eigenvalue weighted by molar-refractivity contribution is -0.109. The Morgan fingerprint density at radius 2 is 2.08 bits per heavy atom. The van der Waals surface area contributed by atoms with Crippen molar-refractivity contribution in [3.05, 3.63) is 33.8 Å². The number of nitrogens with one attached hydrogen (secondary N) is 1. The van der Waals surface area contributed by atoms with Gasteiger partial charge in [0.05, 0.1) is 10.0 Å². The van der Waals surface area contributed by atoms with Crippen LogP contribution in [0.5, 0.6) is 0 Å². The van der Waals surface area contributed by atoms with E-state index >= 15 is 0 Å². The van der Waals surface area contributed by atoms with E-state index in [1.807, 2.05) is 6.07 Å². The predicted molar refractivity (Wildman–Crippen MR) is 54.2 cm³/mol. The third-order valence-electron chi connectivity index (χ3n) is 1.63. The minimum atomic E-state index is 0.547. The third-order valence-corrected chi connectivity index (χ3v) is 2.36. The van der Waals surface area contributed by atoms with Gasteiger partial charge in [-0.15, -0.1) is 0 Å². The van der Waals surface area contributed by atoms with Gasteiger partial charge in [-0.2, -0.15) is 0 Å². The Hall–Kier alpha value is -0.730. The Morgan fingerprint density at radius 3 is 2.69 bits per heavy atom. The number of carbonyl (C=O) groups is 1. The molecular formula is C9H9Cl2NO. The maximum absolute atomic E-state index is 9.96. The molecule has 0 aliphatic heterocycles. The molecule has 0 aliphatic rings. The molecule has 1 N–H and O–H groups in total. The van der Waals surface area contributed by atoms with Crippen LogP contribution in [0.1, 0.15) is 5.56 Å². The minimum absolute atomic E-state index is 0.547. The summed E-state index contributed by atoms with van der Waals surface area (Å²) in [4.78, 5) is 9.96. The summed E-state index contributed by atoms with van der Waals surface area (Å²) in [7, 11) is 0. The van der Waals surface area contributed by atoms with Crippen molar-refractivity contribution in [2.75, 3.05) is 6.54 Å². The third kappa shape index (κ3) is 3.25. The number of carbonyl (C=O) groups excluding carboxylic acids is 1. The largest absolute Gasteiger partial charge is 0.358 e. The number of rotatable bonds is 4. The summed E-state index contributed by atoms with van der Waals surface area (Å²) in [6.45, 7) is 0.613. The standard InChI is InChI=1S/C9H9Cl2NO/c10-8-2-1-7(5-9(8)11)3-4-12-6-13/h1-2,5-6H,3-4H2,(H,12,13). The van der Waals surface area contributed by atoms with Gasteiger partial charge in [-0.1, -0.05) is 29.3 Å². The van der Waals surface area contributed by atoms with E-state index in [9.17, 15) is 4.79 Å². The van der Waals surface area contributed by atoms with Crippen molar-refractivity contribution in [3.63, 3.8) is 0 Å². The van der Waals surface area contributed by atoms with Crippen molar-refractivity contribution >= 4 is 29.6 Å². The first-order valence-electron chi connectivity index (χ1n) is 3.85. The average molecular weight is 218 g/mol. The molecule has 0 aliphatic carbocycles. The number of amides is 1. The Labute approximate surface area is 86.8 Å². The van der Waals surface area contributed by atoms with Crippen molar-refractivity contribution in [3.8, 4) is 0 Å². The highest BCUT2D eigenvalue weighted by molar-refractivity contribution is 6.42. The van der Waals surface area contributed by atoms with E-state index in [0.29, 0.717) is 23.0 Å². The van der Waals surface area contributed by atoms with Crippen LogP contribution < -0.4 is 5.32 Å². The van der Waals surface area contributed by atoms with Gasteiger partial charge < -0.3 is 5.32 Å². The first-order valence-corrected chi connectivity index (χ1v) is 4.60. The molecule has 0 radical (unpaired) electrons. The number of hydrogen-bond acceptors (Lipinski definition) is 1. The summed E-state index contributed by atoms with van der Waals surface area (Å²) in [6.07, 6.45) is 1.44. The lowest BCUT2D eigenvalue weighted by Crippen LogP contribution is -2.14. The molecule has 0 spiro atoms. The van der Waals surface area contributed by atoms with E-state index in [2.05, 4.69) is 5.32 Å². The molecule has 0 fully saturated rings. The summed E-state index contributed by atoms with van der Waals surface area (Å²) in [6, 6.07) is 5.44. The molecule has 2 nitrogen and oxygen atoms in total. The molecule has 0 saturated heterocycles. The van der Waals surface area contributed by atoms with Crippen molar-refractivity contribution in [1.82, 2.24) is 5.32 Å². The van der Waals surface area contributed by atoms with Crippen molar-refractivity contribution in [2.45, 2.75) is 6.42 Å². The van der Waals surface area contributed by atoms with Gasteiger partial charge >= 0.3 is 0 Å². The molecule has 0 bridgehead atoms. The molecule has 70 valence electrons. The molecule has 0 unspecified atom stereocenters. The summed E-state index contributed by atoms with van der Waals surface area (Å²) < 4.78 is 0. The maximum Gasteiger partial charge on any atom is 0.207 e. The molecule has 0 aromatic heterocycles. The van der Waals surface area contributed by atoms with Gasteiger partial charge in [-0.25, -0.2) is 0 Å². The second-order valence-electron chi connectivity index (χ2n) is 2.57. The quantitative estimate of drug-likeness (QED) is 0.609. The molecule has 1 amide bonds. The van der Waals surface area contributed by atoms with Crippen LogP contribution in [0, 0.1) is 0 Å². The smallest absolute Gasteiger partial charge is 0.207 e. The molecule has 13 heavy (non-hydrogen) atoms. The lowest BCUT2D eigenvalue weighted by atomic mass is 10.1. The van der Waals surface area contributed by atoms with Crippen molar-refractivity contribution < 1.29 is 4.79 Å². The number of benzene rings is 1. The first kappa shape index (κ1) is 10.4. The van der Waals surface area contributed by atoms with Gasteiger partial charge in [0, 0.05) is 6.54 Å². The van der Waals surface area contributed by atoms with Gasteiger partial charge in [0.2, 0.25) is 6.41 Å². The summed E-state index contributed by atoms with van der Waals surface area (Å²) >= 11 is 11.5. The van der Waals surface area contributed by atoms with Crippen LogP contribution in [0.25, 0.3) is 0 Å². The van der Waals surface area contributed by atoms with Crippen LogP contribution in [0.15, 0.2) is 18.2 Å². The van der Waals surface area contributed by atoms with Crippen molar-refractivity contribution in [2.24, 2.45) is 0 Å². The fourth-order valence-electron chi connectivity index (χ4n) is 0.971. The van der Waals surface area contributed by atoms with Gasteiger partial charge in [0.15, 0.2) is 0 Å². The van der Waals surface area contributed by atoms with Crippen molar-refractivity contribution in [1.29, 1.82) is 0 Å². The molecule has 0 saturated carbocycles. The highest BCUT2D eigenvalue weighted by Crippen LogP contribution is 2.22. The van der Waals surface area contributed by atoms with Crippen LogP contribution in [0.3, 0.4) is 0 Å². The monoisotopic (exact) mass is 217 g/mol. The van der Waals surface area contributed by atoms with E-state index in [1.54, 1.807) is 12.1 Å². The minimum Gasteiger partial charge on any atom is -0.358 e. The van der Waals surface area contributed by atoms with Gasteiger partial charge in [0.1, 0.15) is 0 Å². The first-order chi connectivity index (χ1) is 6.24. The molecule has 1 aromatic rings. The van der Waals surface area contributed by atoms with Crippen LogP contribution in [0.4, 0.5) is 0 Å². The SMILES string of the molecule is O=CNCCc1ccc(Cl)c(Cl)c1. The zero-order valence-electron chi connectivity index (χ0n) is 6.89. The summed E-state index contributed by atoms with van der Waals surface area (Å²) in [5, 5.41) is 3.67. The Kier molecular flexibility index (Phi) is 4.06. The van der Waals surface area contributed by atoms with E-state index in [4.69, 9.17) is 23.2 Å². The van der Waals surface area contributed by atoms with Crippen LogP contribution in [-0.4, -0.2) is 13.0 Å². The molecule has 0 atom stereocenters. The molecule has 1 rings (SSSR count). The number of hydrogen-bond donors (Lipinski definition) is 1. The number of halogens is 2.